The van der Waals surface area contributed by atoms with E-state index in [1.165, 1.54) is 24.3 Å². The zero-order chi connectivity index (χ0) is 16.4. The van der Waals surface area contributed by atoms with Gasteiger partial charge in [0.25, 0.3) is 11.6 Å². The van der Waals surface area contributed by atoms with Crippen LogP contribution in [0.4, 0.5) is 11.4 Å². The smallest absolute Gasteiger partial charge is 0.269 e. The molecular weight excluding hydrogens is 300 g/mol. The largest absolute Gasteiger partial charge is 0.486 e. The molecule has 0 radical (unpaired) electrons. The number of non-ortho nitro benzene ring substituents is 1. The minimum absolute atomic E-state index is 0.0586. The molecule has 0 unspecified atom stereocenters. The lowest BCUT2D eigenvalue weighted by Crippen LogP contribution is -2.17. The van der Waals surface area contributed by atoms with Gasteiger partial charge in [0.15, 0.2) is 11.5 Å². The number of fused-ring (bicyclic) bond motifs is 1. The Morgan fingerprint density at radius 1 is 1.17 bits per heavy atom. The van der Waals surface area contributed by atoms with Gasteiger partial charge in [0.1, 0.15) is 13.2 Å². The summed E-state index contributed by atoms with van der Waals surface area (Å²) in [6.45, 7) is 2.84. The molecule has 0 atom stereocenters. The van der Waals surface area contributed by atoms with E-state index in [2.05, 4.69) is 5.32 Å². The summed E-state index contributed by atoms with van der Waals surface area (Å²) in [4.78, 5) is 22.3. The summed E-state index contributed by atoms with van der Waals surface area (Å²) >= 11 is 0. The number of anilines is 1. The van der Waals surface area contributed by atoms with Crippen molar-refractivity contribution >= 4 is 17.3 Å². The standard InChI is InChI=1S/C16H14N2O5/c1-10-8-12(9-14-15(10)23-7-6-22-14)17-16(19)11-2-4-13(5-3-11)18(20)21/h2-5,8-9H,6-7H2,1H3,(H,17,19). The average Bonchev–Trinajstić information content (AvgIpc) is 2.55. The number of amides is 1. The van der Waals surface area contributed by atoms with Gasteiger partial charge < -0.3 is 14.8 Å². The van der Waals surface area contributed by atoms with Gasteiger partial charge in [-0.1, -0.05) is 0 Å². The number of benzene rings is 2. The summed E-state index contributed by atoms with van der Waals surface area (Å²) in [6.07, 6.45) is 0. The highest BCUT2D eigenvalue weighted by Gasteiger charge is 2.17. The Balaban J connectivity index is 1.80. The SMILES string of the molecule is Cc1cc(NC(=O)c2ccc([N+](=O)[O-])cc2)cc2c1OCCO2. The van der Waals surface area contributed by atoms with Gasteiger partial charge in [-0.2, -0.15) is 0 Å². The molecule has 0 fully saturated rings. The lowest BCUT2D eigenvalue weighted by Gasteiger charge is -2.21. The Morgan fingerprint density at radius 3 is 2.57 bits per heavy atom. The molecule has 0 saturated heterocycles. The Labute approximate surface area is 132 Å². The first kappa shape index (κ1) is 14.8. The first-order valence-corrected chi connectivity index (χ1v) is 7.00. The number of carbonyl (C=O) groups is 1. The fourth-order valence-corrected chi connectivity index (χ4v) is 2.34. The first-order chi connectivity index (χ1) is 11.0. The highest BCUT2D eigenvalue weighted by molar-refractivity contribution is 6.04. The third kappa shape index (κ3) is 3.08. The minimum Gasteiger partial charge on any atom is -0.486 e. The number of nitro groups is 1. The third-order valence-corrected chi connectivity index (χ3v) is 3.43. The number of nitrogens with one attached hydrogen (secondary N) is 1. The Kier molecular flexibility index (Phi) is 3.84. The van der Waals surface area contributed by atoms with Crippen LogP contribution in [0.3, 0.4) is 0 Å². The fourth-order valence-electron chi connectivity index (χ4n) is 2.34. The van der Waals surface area contributed by atoms with Crippen molar-refractivity contribution < 1.29 is 19.2 Å². The number of aryl methyl sites for hydroxylation is 1. The molecule has 2 aromatic carbocycles. The number of hydrogen-bond acceptors (Lipinski definition) is 5. The minimum atomic E-state index is -0.508. The van der Waals surface area contributed by atoms with Gasteiger partial charge in [-0.05, 0) is 30.7 Å². The number of carbonyl (C=O) groups excluding carboxylic acids is 1. The molecule has 3 rings (SSSR count). The van der Waals surface area contributed by atoms with Gasteiger partial charge in [0, 0.05) is 29.4 Å². The number of ether oxygens (including phenoxy) is 2. The second-order valence-electron chi connectivity index (χ2n) is 5.08. The predicted molar refractivity (Wildman–Crippen MR) is 83.2 cm³/mol. The van der Waals surface area contributed by atoms with Gasteiger partial charge in [0.2, 0.25) is 0 Å². The number of nitro benzene ring substituents is 1. The van der Waals surface area contributed by atoms with Crippen molar-refractivity contribution in [2.45, 2.75) is 6.92 Å². The van der Waals surface area contributed by atoms with E-state index in [1.807, 2.05) is 6.92 Å². The van der Waals surface area contributed by atoms with Crippen molar-refractivity contribution in [2.24, 2.45) is 0 Å². The van der Waals surface area contributed by atoms with E-state index < -0.39 is 4.92 Å². The predicted octanol–water partition coefficient (Wildman–Crippen LogP) is 2.93. The van der Waals surface area contributed by atoms with Crippen molar-refractivity contribution in [1.29, 1.82) is 0 Å². The molecule has 0 saturated carbocycles. The van der Waals surface area contributed by atoms with Crippen LogP contribution in [0, 0.1) is 17.0 Å². The topological polar surface area (TPSA) is 90.7 Å². The van der Waals surface area contributed by atoms with Crippen molar-refractivity contribution in [3.05, 3.63) is 57.6 Å². The van der Waals surface area contributed by atoms with Crippen molar-refractivity contribution in [2.75, 3.05) is 18.5 Å². The quantitative estimate of drug-likeness (QED) is 0.695. The molecule has 0 spiro atoms. The molecule has 1 N–H and O–H groups in total. The monoisotopic (exact) mass is 314 g/mol. The number of nitrogens with zero attached hydrogens (tertiary/aromatic N) is 1. The molecule has 7 heteroatoms. The zero-order valence-corrected chi connectivity index (χ0v) is 12.4. The molecule has 7 nitrogen and oxygen atoms in total. The molecule has 0 bridgehead atoms. The average molecular weight is 314 g/mol. The second kappa shape index (κ2) is 5.96. The van der Waals surface area contributed by atoms with E-state index in [-0.39, 0.29) is 11.6 Å². The van der Waals surface area contributed by atoms with Crippen molar-refractivity contribution in [1.82, 2.24) is 0 Å². The number of hydrogen-bond donors (Lipinski definition) is 1. The molecule has 0 aromatic heterocycles. The van der Waals surface area contributed by atoms with E-state index in [4.69, 9.17) is 9.47 Å². The summed E-state index contributed by atoms with van der Waals surface area (Å²) in [6, 6.07) is 8.91. The molecular formula is C16H14N2O5. The fraction of sp³-hybridized carbons (Fsp3) is 0.188. The van der Waals surface area contributed by atoms with Crippen LogP contribution < -0.4 is 14.8 Å². The molecule has 1 aliphatic rings. The first-order valence-electron chi connectivity index (χ1n) is 7.00. The molecule has 1 heterocycles. The maximum absolute atomic E-state index is 12.2. The van der Waals surface area contributed by atoms with Crippen LogP contribution in [0.2, 0.25) is 0 Å². The second-order valence-corrected chi connectivity index (χ2v) is 5.08. The maximum atomic E-state index is 12.2. The lowest BCUT2D eigenvalue weighted by molar-refractivity contribution is -0.384. The van der Waals surface area contributed by atoms with Crippen LogP contribution in [0.1, 0.15) is 15.9 Å². The van der Waals surface area contributed by atoms with Gasteiger partial charge in [-0.3, -0.25) is 14.9 Å². The Hall–Kier alpha value is -3.09. The summed E-state index contributed by atoms with van der Waals surface area (Å²) in [5, 5.41) is 13.4. The van der Waals surface area contributed by atoms with Gasteiger partial charge in [0.05, 0.1) is 4.92 Å². The van der Waals surface area contributed by atoms with E-state index in [0.29, 0.717) is 36.0 Å². The van der Waals surface area contributed by atoms with Crippen LogP contribution in [0.5, 0.6) is 11.5 Å². The van der Waals surface area contributed by atoms with E-state index in [9.17, 15) is 14.9 Å². The van der Waals surface area contributed by atoms with E-state index in [1.54, 1.807) is 12.1 Å². The summed E-state index contributed by atoms with van der Waals surface area (Å²) in [5.74, 6) is 0.927. The van der Waals surface area contributed by atoms with Crippen LogP contribution in [-0.4, -0.2) is 24.0 Å². The molecule has 1 aliphatic heterocycles. The van der Waals surface area contributed by atoms with Crippen LogP contribution in [-0.2, 0) is 0 Å². The Morgan fingerprint density at radius 2 is 1.87 bits per heavy atom. The maximum Gasteiger partial charge on any atom is 0.269 e. The molecule has 118 valence electrons. The zero-order valence-electron chi connectivity index (χ0n) is 12.4. The van der Waals surface area contributed by atoms with Crippen LogP contribution in [0.15, 0.2) is 36.4 Å². The highest BCUT2D eigenvalue weighted by atomic mass is 16.6. The summed E-state index contributed by atoms with van der Waals surface area (Å²) < 4.78 is 11.1. The normalized spacial score (nSPS) is 12.6. The Bertz CT molecular complexity index is 771. The summed E-state index contributed by atoms with van der Waals surface area (Å²) in [5.41, 5.74) is 1.72. The van der Waals surface area contributed by atoms with Gasteiger partial charge in [-0.25, -0.2) is 0 Å². The molecule has 0 aliphatic carbocycles. The third-order valence-electron chi connectivity index (χ3n) is 3.43. The van der Waals surface area contributed by atoms with Gasteiger partial charge in [-0.15, -0.1) is 0 Å². The van der Waals surface area contributed by atoms with Crippen molar-refractivity contribution in [3.63, 3.8) is 0 Å². The van der Waals surface area contributed by atoms with Crippen molar-refractivity contribution in [3.8, 4) is 11.5 Å². The van der Waals surface area contributed by atoms with E-state index >= 15 is 0 Å². The van der Waals surface area contributed by atoms with Crippen LogP contribution in [0.25, 0.3) is 0 Å². The van der Waals surface area contributed by atoms with E-state index in [0.717, 1.165) is 5.56 Å². The lowest BCUT2D eigenvalue weighted by atomic mass is 10.1. The van der Waals surface area contributed by atoms with Gasteiger partial charge >= 0.3 is 0 Å². The number of rotatable bonds is 3. The van der Waals surface area contributed by atoms with Crippen LogP contribution >= 0.6 is 0 Å². The highest BCUT2D eigenvalue weighted by Crippen LogP contribution is 2.36. The molecule has 23 heavy (non-hydrogen) atoms. The molecule has 2 aromatic rings. The summed E-state index contributed by atoms with van der Waals surface area (Å²) in [7, 11) is 0. The molecule has 1 amide bonds.